The summed E-state index contributed by atoms with van der Waals surface area (Å²) in [6.45, 7) is 0.625. The number of halogens is 1. The Labute approximate surface area is 125 Å². The van der Waals surface area contributed by atoms with Crippen molar-refractivity contribution in [2.75, 3.05) is 13.1 Å². The molecule has 1 saturated heterocycles. The van der Waals surface area contributed by atoms with Gasteiger partial charge in [-0.25, -0.2) is 13.4 Å². The Morgan fingerprint density at radius 1 is 1.35 bits per heavy atom. The van der Waals surface area contributed by atoms with E-state index in [1.165, 1.54) is 21.7 Å². The fourth-order valence-electron chi connectivity index (χ4n) is 1.88. The maximum absolute atomic E-state index is 12.4. The Kier molecular flexibility index (Phi) is 3.68. The molecule has 2 aromatic rings. The minimum atomic E-state index is -3.54. The van der Waals surface area contributed by atoms with E-state index in [2.05, 4.69) is 4.98 Å². The van der Waals surface area contributed by atoms with Gasteiger partial charge < -0.3 is 4.74 Å². The molecule has 1 aliphatic heterocycles. The van der Waals surface area contributed by atoms with Crippen molar-refractivity contribution in [2.45, 2.75) is 11.0 Å². The topological polar surface area (TPSA) is 59.5 Å². The van der Waals surface area contributed by atoms with E-state index in [1.54, 1.807) is 24.4 Å². The third-order valence-electron chi connectivity index (χ3n) is 2.95. The van der Waals surface area contributed by atoms with E-state index in [4.69, 9.17) is 16.3 Å². The number of aromatic nitrogens is 1. The van der Waals surface area contributed by atoms with Gasteiger partial charge in [-0.15, -0.1) is 0 Å². The molecule has 0 atom stereocenters. The molecule has 20 heavy (non-hydrogen) atoms. The first-order valence-corrected chi connectivity index (χ1v) is 8.58. The quantitative estimate of drug-likeness (QED) is 0.862. The molecule has 3 rings (SSSR count). The number of rotatable bonds is 4. The predicted octanol–water partition coefficient (Wildman–Crippen LogP) is 2.25. The molecule has 8 heteroatoms. The number of nitrogens with zero attached hydrogens (tertiary/aromatic N) is 2. The van der Waals surface area contributed by atoms with Crippen LogP contribution >= 0.6 is 22.9 Å². The average molecular weight is 331 g/mol. The molecule has 2 heterocycles. The second-order valence-electron chi connectivity index (χ2n) is 4.29. The highest BCUT2D eigenvalue weighted by Gasteiger charge is 2.39. The summed E-state index contributed by atoms with van der Waals surface area (Å²) in [7, 11) is -3.54. The van der Waals surface area contributed by atoms with Gasteiger partial charge in [-0.1, -0.05) is 35.1 Å². The van der Waals surface area contributed by atoms with E-state index in [9.17, 15) is 8.42 Å². The molecule has 0 aliphatic carbocycles. The summed E-state index contributed by atoms with van der Waals surface area (Å²) in [6.07, 6.45) is 1.50. The lowest BCUT2D eigenvalue weighted by Crippen LogP contribution is -2.55. The fourth-order valence-corrected chi connectivity index (χ4v) is 4.42. The summed E-state index contributed by atoms with van der Waals surface area (Å²) in [5, 5.41) is 2.60. The van der Waals surface area contributed by atoms with Crippen LogP contribution in [0.1, 0.15) is 0 Å². The van der Waals surface area contributed by atoms with E-state index in [0.29, 0.717) is 18.3 Å². The zero-order chi connectivity index (χ0) is 14.2. The van der Waals surface area contributed by atoms with Gasteiger partial charge in [0, 0.05) is 11.6 Å². The molecule has 1 aromatic heterocycles. The minimum Gasteiger partial charge on any atom is -0.464 e. The van der Waals surface area contributed by atoms with Crippen LogP contribution in [0.5, 0.6) is 5.19 Å². The number of hydrogen-bond acceptors (Lipinski definition) is 5. The molecule has 1 fully saturated rings. The van der Waals surface area contributed by atoms with Crippen LogP contribution in [0.4, 0.5) is 0 Å². The highest BCUT2D eigenvalue weighted by Crippen LogP contribution is 2.29. The first kappa shape index (κ1) is 13.8. The van der Waals surface area contributed by atoms with E-state index >= 15 is 0 Å². The zero-order valence-electron chi connectivity index (χ0n) is 10.3. The molecule has 1 aliphatic rings. The van der Waals surface area contributed by atoms with Gasteiger partial charge in [0.05, 0.1) is 18.1 Å². The Morgan fingerprint density at radius 2 is 2.10 bits per heavy atom. The Balaban J connectivity index is 1.68. The van der Waals surface area contributed by atoms with Crippen molar-refractivity contribution >= 4 is 33.0 Å². The molecule has 1 aromatic carbocycles. The lowest BCUT2D eigenvalue weighted by molar-refractivity contribution is 0.0759. The highest BCUT2D eigenvalue weighted by molar-refractivity contribution is 7.89. The van der Waals surface area contributed by atoms with Gasteiger partial charge in [0.25, 0.3) is 5.19 Å². The van der Waals surface area contributed by atoms with Crippen LogP contribution in [0.25, 0.3) is 0 Å². The largest absolute Gasteiger partial charge is 0.464 e. The number of sulfonamides is 1. The second kappa shape index (κ2) is 5.33. The van der Waals surface area contributed by atoms with Gasteiger partial charge in [0.15, 0.2) is 0 Å². The molecule has 5 nitrogen and oxygen atoms in total. The van der Waals surface area contributed by atoms with Crippen molar-refractivity contribution in [3.63, 3.8) is 0 Å². The summed E-state index contributed by atoms with van der Waals surface area (Å²) in [5.74, 6) is 0. The normalized spacial score (nSPS) is 16.9. The molecule has 0 radical (unpaired) electrons. The van der Waals surface area contributed by atoms with Crippen LogP contribution < -0.4 is 4.74 Å². The molecule has 0 spiro atoms. The fraction of sp³-hybridized carbons (Fsp3) is 0.250. The standard InChI is InChI=1S/C12H11ClN2O3S2/c13-10-3-1-2-4-11(10)20(16,17)15-7-9(8-15)18-12-14-5-6-19-12/h1-6,9H,7-8H2. The van der Waals surface area contributed by atoms with Gasteiger partial charge >= 0.3 is 0 Å². The molecule has 0 saturated carbocycles. The van der Waals surface area contributed by atoms with Crippen molar-refractivity contribution in [3.8, 4) is 5.19 Å². The van der Waals surface area contributed by atoms with Gasteiger partial charge in [0.1, 0.15) is 11.0 Å². The molecule has 0 amide bonds. The van der Waals surface area contributed by atoms with E-state index < -0.39 is 10.0 Å². The molecule has 0 bridgehead atoms. The first-order chi connectivity index (χ1) is 9.57. The van der Waals surface area contributed by atoms with E-state index in [0.717, 1.165) is 0 Å². The summed E-state index contributed by atoms with van der Waals surface area (Å²) in [6, 6.07) is 6.43. The molecular formula is C12H11ClN2O3S2. The van der Waals surface area contributed by atoms with Crippen LogP contribution in [0.2, 0.25) is 5.02 Å². The molecule has 0 N–H and O–H groups in total. The first-order valence-electron chi connectivity index (χ1n) is 5.88. The summed E-state index contributed by atoms with van der Waals surface area (Å²) in [5.41, 5.74) is 0. The molecule has 0 unspecified atom stereocenters. The number of hydrogen-bond donors (Lipinski definition) is 0. The van der Waals surface area contributed by atoms with Gasteiger partial charge in [-0.05, 0) is 12.1 Å². The predicted molar refractivity (Wildman–Crippen MR) is 76.7 cm³/mol. The van der Waals surface area contributed by atoms with Gasteiger partial charge in [0.2, 0.25) is 10.0 Å². The van der Waals surface area contributed by atoms with E-state index in [1.807, 2.05) is 5.38 Å². The monoisotopic (exact) mass is 330 g/mol. The third kappa shape index (κ3) is 2.54. The van der Waals surface area contributed by atoms with Crippen LogP contribution in [-0.4, -0.2) is 36.9 Å². The summed E-state index contributed by atoms with van der Waals surface area (Å²) in [4.78, 5) is 4.14. The SMILES string of the molecule is O=S(=O)(c1ccccc1Cl)N1CC(Oc2nccs2)C1. The Morgan fingerprint density at radius 3 is 2.75 bits per heavy atom. The average Bonchev–Trinajstić information content (AvgIpc) is 2.86. The lowest BCUT2D eigenvalue weighted by Gasteiger charge is -2.37. The molecular weight excluding hydrogens is 320 g/mol. The van der Waals surface area contributed by atoms with Gasteiger partial charge in [-0.2, -0.15) is 4.31 Å². The van der Waals surface area contributed by atoms with Crippen LogP contribution in [0.3, 0.4) is 0 Å². The van der Waals surface area contributed by atoms with Crippen LogP contribution in [-0.2, 0) is 10.0 Å². The summed E-state index contributed by atoms with van der Waals surface area (Å²) >= 11 is 7.33. The summed E-state index contributed by atoms with van der Waals surface area (Å²) < 4.78 is 31.6. The van der Waals surface area contributed by atoms with Gasteiger partial charge in [-0.3, -0.25) is 0 Å². The van der Waals surface area contributed by atoms with Crippen molar-refractivity contribution < 1.29 is 13.2 Å². The lowest BCUT2D eigenvalue weighted by atomic mass is 10.2. The maximum atomic E-state index is 12.4. The third-order valence-corrected chi connectivity index (χ3v) is 5.94. The van der Waals surface area contributed by atoms with Crippen molar-refractivity contribution in [2.24, 2.45) is 0 Å². The number of benzene rings is 1. The Hall–Kier alpha value is -1.15. The zero-order valence-corrected chi connectivity index (χ0v) is 12.7. The van der Waals surface area contributed by atoms with E-state index in [-0.39, 0.29) is 16.0 Å². The molecule has 106 valence electrons. The highest BCUT2D eigenvalue weighted by atomic mass is 35.5. The maximum Gasteiger partial charge on any atom is 0.273 e. The van der Waals surface area contributed by atoms with Crippen LogP contribution in [0, 0.1) is 0 Å². The van der Waals surface area contributed by atoms with Crippen molar-refractivity contribution in [1.29, 1.82) is 0 Å². The Bertz CT molecular complexity index is 697. The second-order valence-corrected chi connectivity index (χ2v) is 7.46. The smallest absolute Gasteiger partial charge is 0.273 e. The van der Waals surface area contributed by atoms with Crippen molar-refractivity contribution in [1.82, 2.24) is 9.29 Å². The number of ether oxygens (including phenoxy) is 1. The van der Waals surface area contributed by atoms with Crippen molar-refractivity contribution in [3.05, 3.63) is 40.9 Å². The van der Waals surface area contributed by atoms with Crippen LogP contribution in [0.15, 0.2) is 40.7 Å². The number of thiazole rings is 1. The minimum absolute atomic E-state index is 0.134.